The number of anilines is 1. The number of amides is 2. The molecule has 2 amide bonds. The van der Waals surface area contributed by atoms with E-state index in [9.17, 15) is 18.0 Å². The van der Waals surface area contributed by atoms with Crippen LogP contribution in [0.3, 0.4) is 0 Å². The van der Waals surface area contributed by atoms with E-state index < -0.39 is 21.5 Å². The number of hydrogen-bond acceptors (Lipinski definition) is 6. The van der Waals surface area contributed by atoms with Crippen LogP contribution in [0.25, 0.3) is 0 Å². The standard InChI is InChI=1S/C21H29N3O5S2/c1-13-8-14(2)10-15(9-13)24-16-11-31(27,28)12-17(16)30-19(24)23-18(25)6-7-22-20(26)29-21(3,4)5/h8-10,16-17H,6-7,11-12H2,1-5H3,(H,22,26)/t16-,17+/m0/s1. The Bertz CT molecular complexity index is 994. The van der Waals surface area contributed by atoms with E-state index >= 15 is 0 Å². The Balaban J connectivity index is 1.74. The van der Waals surface area contributed by atoms with Crippen LogP contribution >= 0.6 is 11.8 Å². The lowest BCUT2D eigenvalue weighted by Gasteiger charge is -2.25. The minimum Gasteiger partial charge on any atom is -0.444 e. The zero-order valence-corrected chi connectivity index (χ0v) is 20.1. The van der Waals surface area contributed by atoms with E-state index in [-0.39, 0.29) is 41.7 Å². The third-order valence-electron chi connectivity index (χ3n) is 4.78. The number of thioether (sulfide) groups is 1. The molecule has 1 aromatic rings. The number of nitrogens with one attached hydrogen (secondary N) is 1. The summed E-state index contributed by atoms with van der Waals surface area (Å²) in [4.78, 5) is 30.4. The highest BCUT2D eigenvalue weighted by Crippen LogP contribution is 2.41. The summed E-state index contributed by atoms with van der Waals surface area (Å²) in [5, 5.41) is 2.91. The van der Waals surface area contributed by atoms with Gasteiger partial charge in [0.1, 0.15) is 5.60 Å². The van der Waals surface area contributed by atoms with Crippen molar-refractivity contribution in [2.24, 2.45) is 4.99 Å². The average molecular weight is 468 g/mol. The second-order valence-corrected chi connectivity index (χ2v) is 12.3. The van der Waals surface area contributed by atoms with Gasteiger partial charge in [0, 0.05) is 23.9 Å². The summed E-state index contributed by atoms with van der Waals surface area (Å²) in [5.41, 5.74) is 2.33. The molecule has 0 bridgehead atoms. The van der Waals surface area contributed by atoms with Gasteiger partial charge in [-0.3, -0.25) is 4.79 Å². The molecule has 2 aliphatic heterocycles. The molecule has 1 N–H and O–H groups in total. The lowest BCUT2D eigenvalue weighted by Crippen LogP contribution is -2.38. The van der Waals surface area contributed by atoms with Gasteiger partial charge in [-0.05, 0) is 57.9 Å². The smallest absolute Gasteiger partial charge is 0.407 e. The quantitative estimate of drug-likeness (QED) is 0.726. The van der Waals surface area contributed by atoms with Crippen LogP contribution in [0.15, 0.2) is 23.2 Å². The maximum Gasteiger partial charge on any atom is 0.407 e. The summed E-state index contributed by atoms with van der Waals surface area (Å²) in [6.45, 7) is 9.36. The van der Waals surface area contributed by atoms with Crippen molar-refractivity contribution >= 4 is 44.5 Å². The molecule has 0 aromatic heterocycles. The number of carbonyl (C=O) groups is 2. The van der Waals surface area contributed by atoms with Crippen molar-refractivity contribution in [1.29, 1.82) is 0 Å². The second-order valence-electron chi connectivity index (χ2n) is 8.98. The van der Waals surface area contributed by atoms with Gasteiger partial charge in [0.15, 0.2) is 15.0 Å². The fraction of sp³-hybridized carbons (Fsp3) is 0.571. The fourth-order valence-electron chi connectivity index (χ4n) is 3.70. The van der Waals surface area contributed by atoms with Crippen LogP contribution in [-0.2, 0) is 19.4 Å². The third kappa shape index (κ3) is 6.22. The molecule has 0 saturated carbocycles. The van der Waals surface area contributed by atoms with Crippen molar-refractivity contribution in [3.05, 3.63) is 29.3 Å². The maximum absolute atomic E-state index is 12.5. The van der Waals surface area contributed by atoms with E-state index in [4.69, 9.17) is 4.74 Å². The number of sulfone groups is 1. The van der Waals surface area contributed by atoms with Gasteiger partial charge in [-0.1, -0.05) is 17.8 Å². The molecule has 0 aliphatic carbocycles. The number of fused-ring (bicyclic) bond motifs is 1. The highest BCUT2D eigenvalue weighted by molar-refractivity contribution is 8.16. The molecule has 2 fully saturated rings. The predicted octanol–water partition coefficient (Wildman–Crippen LogP) is 2.82. The number of hydrogen-bond donors (Lipinski definition) is 1. The van der Waals surface area contributed by atoms with Crippen LogP contribution in [0.2, 0.25) is 0 Å². The topological polar surface area (TPSA) is 105 Å². The number of benzene rings is 1. The first-order chi connectivity index (χ1) is 14.3. The molecule has 0 unspecified atom stereocenters. The Morgan fingerprint density at radius 2 is 1.84 bits per heavy atom. The predicted molar refractivity (Wildman–Crippen MR) is 124 cm³/mol. The Hall–Kier alpha value is -2.07. The molecule has 0 radical (unpaired) electrons. The molecule has 2 saturated heterocycles. The third-order valence-corrected chi connectivity index (χ3v) is 7.99. The first-order valence-electron chi connectivity index (χ1n) is 10.2. The van der Waals surface area contributed by atoms with Crippen molar-refractivity contribution < 1.29 is 22.7 Å². The summed E-state index contributed by atoms with van der Waals surface area (Å²) in [7, 11) is -3.12. The van der Waals surface area contributed by atoms with Gasteiger partial charge < -0.3 is 15.0 Å². The number of ether oxygens (including phenoxy) is 1. The zero-order valence-electron chi connectivity index (χ0n) is 18.5. The molecule has 8 nitrogen and oxygen atoms in total. The van der Waals surface area contributed by atoms with Gasteiger partial charge in [-0.25, -0.2) is 13.2 Å². The number of nitrogens with zero attached hydrogens (tertiary/aromatic N) is 2. The number of rotatable bonds is 4. The highest BCUT2D eigenvalue weighted by Gasteiger charge is 2.49. The van der Waals surface area contributed by atoms with Crippen molar-refractivity contribution in [1.82, 2.24) is 5.32 Å². The van der Waals surface area contributed by atoms with Crippen LogP contribution in [0.4, 0.5) is 10.5 Å². The molecule has 0 spiro atoms. The summed E-state index contributed by atoms with van der Waals surface area (Å²) < 4.78 is 29.5. The molecule has 2 heterocycles. The van der Waals surface area contributed by atoms with Crippen LogP contribution < -0.4 is 10.2 Å². The second kappa shape index (κ2) is 8.82. The molecule has 170 valence electrons. The van der Waals surface area contributed by atoms with Gasteiger partial charge in [0.05, 0.1) is 17.5 Å². The summed E-state index contributed by atoms with van der Waals surface area (Å²) >= 11 is 1.34. The van der Waals surface area contributed by atoms with E-state index in [2.05, 4.69) is 10.3 Å². The average Bonchev–Trinajstić information content (AvgIpc) is 3.02. The minimum atomic E-state index is -3.12. The molecule has 2 aliphatic rings. The van der Waals surface area contributed by atoms with Gasteiger partial charge in [-0.2, -0.15) is 4.99 Å². The largest absolute Gasteiger partial charge is 0.444 e. The first-order valence-corrected chi connectivity index (χ1v) is 12.9. The van der Waals surface area contributed by atoms with E-state index in [1.807, 2.05) is 36.9 Å². The highest BCUT2D eigenvalue weighted by atomic mass is 32.2. The molecule has 2 atom stereocenters. The van der Waals surface area contributed by atoms with Crippen molar-refractivity contribution in [3.8, 4) is 0 Å². The molecule has 3 rings (SSSR count). The van der Waals surface area contributed by atoms with Crippen LogP contribution in [0, 0.1) is 13.8 Å². The Morgan fingerprint density at radius 1 is 1.19 bits per heavy atom. The fourth-order valence-corrected chi connectivity index (χ4v) is 7.64. The SMILES string of the molecule is Cc1cc(C)cc(N2C(=NC(=O)CCNC(=O)OC(C)(C)C)S[C@@H]3CS(=O)(=O)C[C@@H]32)c1. The number of amidine groups is 1. The summed E-state index contributed by atoms with van der Waals surface area (Å²) in [5.74, 6) is -0.252. The molecule has 31 heavy (non-hydrogen) atoms. The minimum absolute atomic E-state index is 0.0254. The first kappa shape index (κ1) is 23.6. The number of carbonyl (C=O) groups excluding carboxylic acids is 2. The summed E-state index contributed by atoms with van der Waals surface area (Å²) in [6.07, 6.45) is -0.558. The molecule has 1 aromatic carbocycles. The van der Waals surface area contributed by atoms with E-state index in [1.165, 1.54) is 11.8 Å². The van der Waals surface area contributed by atoms with Gasteiger partial charge in [0.25, 0.3) is 0 Å². The van der Waals surface area contributed by atoms with Crippen molar-refractivity contribution in [2.45, 2.75) is 57.9 Å². The van der Waals surface area contributed by atoms with E-state index in [0.717, 1.165) is 16.8 Å². The van der Waals surface area contributed by atoms with Crippen LogP contribution in [0.5, 0.6) is 0 Å². The van der Waals surface area contributed by atoms with Crippen molar-refractivity contribution in [3.63, 3.8) is 0 Å². The molecular weight excluding hydrogens is 438 g/mol. The monoisotopic (exact) mass is 467 g/mol. The number of alkyl carbamates (subject to hydrolysis) is 1. The number of aryl methyl sites for hydroxylation is 2. The number of aliphatic imine (C=N–C) groups is 1. The molecular formula is C21H29N3O5S2. The van der Waals surface area contributed by atoms with Crippen LogP contribution in [-0.4, -0.2) is 60.5 Å². The lowest BCUT2D eigenvalue weighted by atomic mass is 10.1. The zero-order chi connectivity index (χ0) is 23.0. The van der Waals surface area contributed by atoms with Crippen LogP contribution in [0.1, 0.15) is 38.3 Å². The summed E-state index contributed by atoms with van der Waals surface area (Å²) in [6, 6.07) is 5.75. The van der Waals surface area contributed by atoms with Gasteiger partial charge in [0.2, 0.25) is 5.91 Å². The lowest BCUT2D eigenvalue weighted by molar-refractivity contribution is -0.117. The molecule has 10 heteroatoms. The van der Waals surface area contributed by atoms with Gasteiger partial charge in [-0.15, -0.1) is 0 Å². The van der Waals surface area contributed by atoms with Gasteiger partial charge >= 0.3 is 6.09 Å². The maximum atomic E-state index is 12.5. The normalized spacial score (nSPS) is 23.6. The Labute approximate surface area is 187 Å². The Kier molecular flexibility index (Phi) is 6.71. The Morgan fingerprint density at radius 3 is 2.45 bits per heavy atom. The van der Waals surface area contributed by atoms with E-state index in [1.54, 1.807) is 20.8 Å². The van der Waals surface area contributed by atoms with Crippen molar-refractivity contribution in [2.75, 3.05) is 23.0 Å². The van der Waals surface area contributed by atoms with E-state index in [0.29, 0.717) is 5.17 Å².